The Hall–Kier alpha value is -3.27. The minimum Gasteiger partial charge on any atom is -0.385 e. The monoisotopic (exact) mass is 511 g/mol. The maximum absolute atomic E-state index is 12.4. The average Bonchev–Trinajstić information content (AvgIpc) is 3.52. The number of carbonyl (C=O) groups is 1. The molecule has 0 aliphatic carbocycles. The van der Waals surface area contributed by atoms with Crippen LogP contribution >= 0.6 is 22.9 Å². The molecule has 0 fully saturated rings. The van der Waals surface area contributed by atoms with E-state index < -0.39 is 0 Å². The van der Waals surface area contributed by atoms with E-state index in [1.54, 1.807) is 40.8 Å². The van der Waals surface area contributed by atoms with Crippen LogP contribution in [0.5, 0.6) is 0 Å². The third-order valence-corrected chi connectivity index (χ3v) is 6.83. The molecule has 0 spiro atoms. The van der Waals surface area contributed by atoms with Crippen LogP contribution in [0.25, 0.3) is 11.4 Å². The van der Waals surface area contributed by atoms with E-state index in [2.05, 4.69) is 15.2 Å². The second-order valence-corrected chi connectivity index (χ2v) is 9.75. The second-order valence-electron chi connectivity index (χ2n) is 8.03. The summed E-state index contributed by atoms with van der Waals surface area (Å²) in [7, 11) is 3.68. The summed E-state index contributed by atoms with van der Waals surface area (Å²) in [5.74, 6) is 0.0349. The van der Waals surface area contributed by atoms with Crippen molar-refractivity contribution in [1.29, 1.82) is 0 Å². The quantitative estimate of drug-likeness (QED) is 0.219. The number of carbonyl (C=O) groups excluding carboxylic acids is 1. The largest absolute Gasteiger partial charge is 0.385 e. The van der Waals surface area contributed by atoms with Crippen LogP contribution < -0.4 is 10.5 Å². The number of hydrogen-bond acceptors (Lipinski definition) is 7. The standard InChI is InChI=1S/C25H26ClN5O3S/c1-29(13-5-15-34-2)21-16-19(30-14-4-3-6-25(30)33)8-9-20(21)31-17-18(27-28-31)7-10-22(32)23-11-12-24(26)35-23/h3-4,6,8-9,11-12,14,16-17H,5,7,10,13,15H2,1-2H3. The van der Waals surface area contributed by atoms with Gasteiger partial charge in [-0.05, 0) is 42.8 Å². The van der Waals surface area contributed by atoms with Gasteiger partial charge in [-0.25, -0.2) is 4.68 Å². The van der Waals surface area contributed by atoms with E-state index in [1.807, 2.05) is 37.5 Å². The molecule has 0 unspecified atom stereocenters. The van der Waals surface area contributed by atoms with E-state index in [-0.39, 0.29) is 11.3 Å². The van der Waals surface area contributed by atoms with Crippen molar-refractivity contribution in [1.82, 2.24) is 19.6 Å². The van der Waals surface area contributed by atoms with Crippen LogP contribution in [0.3, 0.4) is 0 Å². The number of pyridine rings is 1. The summed E-state index contributed by atoms with van der Waals surface area (Å²) in [6, 6.07) is 14.3. The highest BCUT2D eigenvalue weighted by Gasteiger charge is 2.15. The summed E-state index contributed by atoms with van der Waals surface area (Å²) in [5.41, 5.74) is 3.10. The van der Waals surface area contributed by atoms with Crippen molar-refractivity contribution < 1.29 is 9.53 Å². The number of Topliss-reactive ketones (excluding diaryl/α,β-unsaturated/α-hetero) is 1. The number of aromatic nitrogens is 4. The lowest BCUT2D eigenvalue weighted by molar-refractivity contribution is 0.0986. The molecule has 3 heterocycles. The molecule has 182 valence electrons. The van der Waals surface area contributed by atoms with Gasteiger partial charge in [0.2, 0.25) is 0 Å². The number of halogens is 1. The summed E-state index contributed by atoms with van der Waals surface area (Å²) >= 11 is 7.23. The van der Waals surface area contributed by atoms with Gasteiger partial charge in [0, 0.05) is 52.4 Å². The number of hydrogen-bond donors (Lipinski definition) is 0. The van der Waals surface area contributed by atoms with Gasteiger partial charge in [0.15, 0.2) is 5.78 Å². The molecule has 8 nitrogen and oxygen atoms in total. The number of rotatable bonds is 11. The number of methoxy groups -OCH3 is 1. The number of nitrogens with zero attached hydrogens (tertiary/aromatic N) is 5. The predicted molar refractivity (Wildman–Crippen MR) is 139 cm³/mol. The summed E-state index contributed by atoms with van der Waals surface area (Å²) < 4.78 is 9.11. The Labute approximate surface area is 212 Å². The van der Waals surface area contributed by atoms with Crippen LogP contribution in [-0.4, -0.2) is 52.7 Å². The van der Waals surface area contributed by atoms with Crippen LogP contribution in [0.4, 0.5) is 5.69 Å². The summed E-state index contributed by atoms with van der Waals surface area (Å²) in [6.07, 6.45) is 5.24. The van der Waals surface area contributed by atoms with Gasteiger partial charge in [0.25, 0.3) is 5.56 Å². The molecule has 0 saturated carbocycles. The predicted octanol–water partition coefficient (Wildman–Crippen LogP) is 4.42. The van der Waals surface area contributed by atoms with E-state index >= 15 is 0 Å². The van der Waals surface area contributed by atoms with E-state index in [9.17, 15) is 9.59 Å². The Bertz CT molecular complexity index is 1360. The smallest absolute Gasteiger partial charge is 0.255 e. The fraction of sp³-hybridized carbons (Fsp3) is 0.280. The molecule has 0 aliphatic heterocycles. The highest BCUT2D eigenvalue weighted by Crippen LogP contribution is 2.27. The Kier molecular flexibility index (Phi) is 8.12. The van der Waals surface area contributed by atoms with Crippen LogP contribution in [0.15, 0.2) is 65.7 Å². The van der Waals surface area contributed by atoms with E-state index in [0.29, 0.717) is 28.7 Å². The Morgan fingerprint density at radius 3 is 2.80 bits per heavy atom. The third kappa shape index (κ3) is 6.05. The molecule has 0 radical (unpaired) electrons. The lowest BCUT2D eigenvalue weighted by Crippen LogP contribution is -2.22. The number of ketones is 1. The molecule has 4 aromatic rings. The Balaban J connectivity index is 1.59. The molecule has 35 heavy (non-hydrogen) atoms. The summed E-state index contributed by atoms with van der Waals surface area (Å²) in [5, 5.41) is 8.60. The zero-order valence-electron chi connectivity index (χ0n) is 19.6. The number of benzene rings is 1. The molecule has 4 rings (SSSR count). The van der Waals surface area contributed by atoms with Crippen molar-refractivity contribution in [2.24, 2.45) is 0 Å². The highest BCUT2D eigenvalue weighted by molar-refractivity contribution is 7.18. The molecule has 3 aromatic heterocycles. The topological polar surface area (TPSA) is 82.2 Å². The minimum absolute atomic E-state index is 0.0349. The van der Waals surface area contributed by atoms with Gasteiger partial charge in [-0.2, -0.15) is 0 Å². The molecule has 0 bridgehead atoms. The van der Waals surface area contributed by atoms with Crippen molar-refractivity contribution >= 4 is 34.4 Å². The summed E-state index contributed by atoms with van der Waals surface area (Å²) in [4.78, 5) is 27.6. The normalized spacial score (nSPS) is 11.1. The summed E-state index contributed by atoms with van der Waals surface area (Å²) in [6.45, 7) is 1.40. The Morgan fingerprint density at radius 2 is 2.06 bits per heavy atom. The van der Waals surface area contributed by atoms with Crippen molar-refractivity contribution in [3.05, 3.63) is 86.2 Å². The van der Waals surface area contributed by atoms with Gasteiger partial charge >= 0.3 is 0 Å². The molecule has 1 aromatic carbocycles. The highest BCUT2D eigenvalue weighted by atomic mass is 35.5. The van der Waals surface area contributed by atoms with Gasteiger partial charge in [-0.1, -0.05) is 22.9 Å². The molecule has 0 amide bonds. The van der Waals surface area contributed by atoms with Crippen molar-refractivity contribution in [3.63, 3.8) is 0 Å². The third-order valence-electron chi connectivity index (χ3n) is 5.56. The van der Waals surface area contributed by atoms with Crippen molar-refractivity contribution in [3.8, 4) is 11.4 Å². The van der Waals surface area contributed by atoms with Crippen molar-refractivity contribution in [2.45, 2.75) is 19.3 Å². The minimum atomic E-state index is -0.104. The molecule has 0 saturated heterocycles. The second kappa shape index (κ2) is 11.4. The van der Waals surface area contributed by atoms with Gasteiger partial charge < -0.3 is 9.64 Å². The maximum atomic E-state index is 12.4. The maximum Gasteiger partial charge on any atom is 0.255 e. The molecule has 0 atom stereocenters. The van der Waals surface area contributed by atoms with E-state index in [4.69, 9.17) is 16.3 Å². The fourth-order valence-electron chi connectivity index (χ4n) is 3.73. The first kappa shape index (κ1) is 24.8. The van der Waals surface area contributed by atoms with Crippen LogP contribution in [0, 0.1) is 0 Å². The van der Waals surface area contributed by atoms with Gasteiger partial charge in [0.1, 0.15) is 0 Å². The number of thiophene rings is 1. The first-order valence-corrected chi connectivity index (χ1v) is 12.4. The van der Waals surface area contributed by atoms with E-state index in [1.165, 1.54) is 17.4 Å². The van der Waals surface area contributed by atoms with Crippen molar-refractivity contribution in [2.75, 3.05) is 32.2 Å². The molecular weight excluding hydrogens is 486 g/mol. The first-order valence-electron chi connectivity index (χ1n) is 11.2. The van der Waals surface area contributed by atoms with Crippen LogP contribution in [0.2, 0.25) is 4.34 Å². The average molecular weight is 512 g/mol. The zero-order chi connectivity index (χ0) is 24.8. The fourth-order valence-corrected chi connectivity index (χ4v) is 4.74. The van der Waals surface area contributed by atoms with Crippen LogP contribution in [-0.2, 0) is 11.2 Å². The number of anilines is 1. The van der Waals surface area contributed by atoms with Gasteiger partial charge in [-0.3, -0.25) is 14.2 Å². The lowest BCUT2D eigenvalue weighted by Gasteiger charge is -2.23. The Morgan fingerprint density at radius 1 is 1.20 bits per heavy atom. The molecule has 10 heteroatoms. The zero-order valence-corrected chi connectivity index (χ0v) is 21.1. The van der Waals surface area contributed by atoms with E-state index in [0.717, 1.165) is 35.7 Å². The molecule has 0 aliphatic rings. The number of ether oxygens (including phenoxy) is 1. The van der Waals surface area contributed by atoms with Gasteiger partial charge in [0.05, 0.1) is 38.2 Å². The molecule has 0 N–H and O–H groups in total. The van der Waals surface area contributed by atoms with Crippen LogP contribution in [0.1, 0.15) is 28.2 Å². The molecular formula is C25H26ClN5O3S. The SMILES string of the molecule is COCCCN(C)c1cc(-n2ccccc2=O)ccc1-n1cc(CCC(=O)c2ccc(Cl)s2)nn1. The first-order chi connectivity index (χ1) is 17.0. The lowest BCUT2D eigenvalue weighted by atomic mass is 10.1. The number of aryl methyl sites for hydroxylation is 1. The van der Waals surface area contributed by atoms with Gasteiger partial charge in [-0.15, -0.1) is 16.4 Å².